The molecule has 6 aromatic rings. The minimum absolute atomic E-state index is 1.25. The predicted octanol–water partition coefficient (Wildman–Crippen LogP) is 10.0. The Morgan fingerprint density at radius 3 is 0.306 bits per heavy atom. The van der Waals surface area contributed by atoms with Crippen LogP contribution in [0.3, 0.4) is 0 Å². The quantitative estimate of drug-likeness (QED) is 0.213. The second-order valence-corrected chi connectivity index (χ2v) is 9.27. The average molecular weight is 457 g/mol. The fourth-order valence-corrected chi connectivity index (χ4v) is 5.72. The van der Waals surface area contributed by atoms with Crippen LogP contribution in [0.2, 0.25) is 0 Å². The summed E-state index contributed by atoms with van der Waals surface area (Å²) in [4.78, 5) is 0. The minimum atomic E-state index is 1.25. The highest BCUT2D eigenvalue weighted by Crippen LogP contribution is 2.47. The Labute approximate surface area is 212 Å². The van der Waals surface area contributed by atoms with Crippen molar-refractivity contribution in [2.45, 2.75) is 0 Å². The Morgan fingerprint density at radius 2 is 0.222 bits per heavy atom. The van der Waals surface area contributed by atoms with Gasteiger partial charge >= 0.3 is 0 Å². The monoisotopic (exact) mass is 456 g/mol. The van der Waals surface area contributed by atoms with Gasteiger partial charge in [0.05, 0.1) is 0 Å². The molecule has 0 heterocycles. The molecule has 0 aliphatic heterocycles. The summed E-state index contributed by atoms with van der Waals surface area (Å²) in [5.74, 6) is 0. The van der Waals surface area contributed by atoms with Crippen LogP contribution in [0.1, 0.15) is 0 Å². The first kappa shape index (κ1) is 20.7. The SMILES string of the molecule is c1ccc2c(c1)-c1ccccc1-c1ccccc1-c1ccccc1-c1ccccc1-c1ccccc1-2. The second kappa shape index (κ2) is 8.52. The molecule has 0 saturated carbocycles. The van der Waals surface area contributed by atoms with E-state index in [2.05, 4.69) is 146 Å². The molecule has 0 saturated heterocycles. The molecule has 168 valence electrons. The Bertz CT molecular complexity index is 1230. The molecular formula is C36H24. The van der Waals surface area contributed by atoms with Crippen molar-refractivity contribution in [1.82, 2.24) is 0 Å². The first-order valence-corrected chi connectivity index (χ1v) is 12.5. The molecule has 0 unspecified atom stereocenters. The fourth-order valence-electron chi connectivity index (χ4n) is 5.72. The van der Waals surface area contributed by atoms with Gasteiger partial charge in [0, 0.05) is 0 Å². The van der Waals surface area contributed by atoms with Gasteiger partial charge in [-0.3, -0.25) is 0 Å². The maximum atomic E-state index is 2.26. The second-order valence-electron chi connectivity index (χ2n) is 9.27. The Morgan fingerprint density at radius 1 is 0.139 bits per heavy atom. The number of hydrogen-bond acceptors (Lipinski definition) is 0. The maximum Gasteiger partial charge on any atom is -0.00990 e. The van der Waals surface area contributed by atoms with Crippen LogP contribution in [0.15, 0.2) is 146 Å². The highest BCUT2D eigenvalue weighted by Gasteiger charge is 2.21. The molecule has 0 nitrogen and oxygen atoms in total. The van der Waals surface area contributed by atoms with E-state index >= 15 is 0 Å². The van der Waals surface area contributed by atoms with Crippen LogP contribution in [0, 0.1) is 0 Å². The average Bonchev–Trinajstić information content (AvgIpc) is 2.97. The summed E-state index contributed by atoms with van der Waals surface area (Å²) >= 11 is 0. The van der Waals surface area contributed by atoms with Crippen molar-refractivity contribution in [2.75, 3.05) is 0 Å². The molecule has 6 aromatic carbocycles. The van der Waals surface area contributed by atoms with Crippen molar-refractivity contribution in [1.29, 1.82) is 0 Å². The minimum Gasteiger partial charge on any atom is -0.0616 e. The van der Waals surface area contributed by atoms with Crippen LogP contribution in [-0.2, 0) is 0 Å². The van der Waals surface area contributed by atoms with Crippen molar-refractivity contribution in [3.63, 3.8) is 0 Å². The Balaban J connectivity index is 1.71. The number of hydrogen-bond donors (Lipinski definition) is 0. The number of benzene rings is 6. The summed E-state index contributed by atoms with van der Waals surface area (Å²) in [6.45, 7) is 0. The summed E-state index contributed by atoms with van der Waals surface area (Å²) in [5.41, 5.74) is 15.0. The van der Waals surface area contributed by atoms with Crippen LogP contribution in [-0.4, -0.2) is 0 Å². The van der Waals surface area contributed by atoms with E-state index in [-0.39, 0.29) is 0 Å². The third-order valence-electron chi connectivity index (χ3n) is 7.30. The summed E-state index contributed by atoms with van der Waals surface area (Å²) in [7, 11) is 0. The van der Waals surface area contributed by atoms with E-state index in [1.54, 1.807) is 0 Å². The van der Waals surface area contributed by atoms with Gasteiger partial charge in [-0.05, 0) is 66.8 Å². The van der Waals surface area contributed by atoms with E-state index in [4.69, 9.17) is 0 Å². The van der Waals surface area contributed by atoms with Gasteiger partial charge in [-0.15, -0.1) is 0 Å². The lowest BCUT2D eigenvalue weighted by Gasteiger charge is -2.22. The Hall–Kier alpha value is -4.68. The molecule has 0 spiro atoms. The van der Waals surface area contributed by atoms with Gasteiger partial charge in [0.2, 0.25) is 0 Å². The molecule has 0 amide bonds. The van der Waals surface area contributed by atoms with E-state index in [1.165, 1.54) is 66.8 Å². The van der Waals surface area contributed by atoms with Crippen molar-refractivity contribution >= 4 is 0 Å². The van der Waals surface area contributed by atoms with Gasteiger partial charge in [0.15, 0.2) is 0 Å². The first-order chi connectivity index (χ1) is 17.9. The highest BCUT2D eigenvalue weighted by molar-refractivity contribution is 6.03. The van der Waals surface area contributed by atoms with Crippen LogP contribution >= 0.6 is 0 Å². The van der Waals surface area contributed by atoms with E-state index in [0.717, 1.165) is 0 Å². The van der Waals surface area contributed by atoms with Gasteiger partial charge in [-0.2, -0.15) is 0 Å². The van der Waals surface area contributed by atoms with E-state index in [9.17, 15) is 0 Å². The van der Waals surface area contributed by atoms with Gasteiger partial charge in [0.1, 0.15) is 0 Å². The maximum absolute atomic E-state index is 2.26. The third-order valence-corrected chi connectivity index (χ3v) is 7.30. The molecule has 0 bridgehead atoms. The highest BCUT2D eigenvalue weighted by atomic mass is 14.2. The zero-order valence-electron chi connectivity index (χ0n) is 19.9. The van der Waals surface area contributed by atoms with Gasteiger partial charge in [-0.25, -0.2) is 0 Å². The largest absolute Gasteiger partial charge is 0.0616 e. The lowest BCUT2D eigenvalue weighted by atomic mass is 9.81. The zero-order chi connectivity index (χ0) is 23.9. The van der Waals surface area contributed by atoms with Crippen molar-refractivity contribution < 1.29 is 0 Å². The molecule has 7 rings (SSSR count). The van der Waals surface area contributed by atoms with Gasteiger partial charge in [-0.1, -0.05) is 146 Å². The molecule has 0 aromatic heterocycles. The smallest absolute Gasteiger partial charge is 0.00990 e. The standard InChI is InChI=1S/C36H24/c1-2-14-26-25(13-1)27-15-3-4-17-29(27)31-19-7-8-21-33(31)35-23-11-12-24-36(35)34-22-10-9-20-32(34)30-18-6-5-16-28(26)30/h1-24H. The van der Waals surface area contributed by atoms with Crippen LogP contribution < -0.4 is 0 Å². The van der Waals surface area contributed by atoms with Gasteiger partial charge < -0.3 is 0 Å². The molecule has 0 radical (unpaired) electrons. The Kier molecular flexibility index (Phi) is 4.89. The molecule has 1 aliphatic rings. The molecule has 36 heavy (non-hydrogen) atoms. The topological polar surface area (TPSA) is 0 Å². The van der Waals surface area contributed by atoms with E-state index in [0.29, 0.717) is 0 Å². The van der Waals surface area contributed by atoms with Crippen molar-refractivity contribution in [2.24, 2.45) is 0 Å². The first-order valence-electron chi connectivity index (χ1n) is 12.5. The normalized spacial score (nSPS) is 11.3. The zero-order valence-corrected chi connectivity index (χ0v) is 19.9. The van der Waals surface area contributed by atoms with Crippen molar-refractivity contribution in [3.8, 4) is 66.8 Å². The van der Waals surface area contributed by atoms with Crippen molar-refractivity contribution in [3.05, 3.63) is 146 Å². The third kappa shape index (κ3) is 3.23. The summed E-state index contributed by atoms with van der Waals surface area (Å²) in [6.07, 6.45) is 0. The molecular weight excluding hydrogens is 432 g/mol. The molecule has 1 aliphatic carbocycles. The van der Waals surface area contributed by atoms with Crippen LogP contribution in [0.5, 0.6) is 0 Å². The molecule has 0 atom stereocenters. The fraction of sp³-hybridized carbons (Fsp3) is 0. The predicted molar refractivity (Wildman–Crippen MR) is 153 cm³/mol. The molecule has 0 fully saturated rings. The molecule has 0 N–H and O–H groups in total. The molecule has 0 heteroatoms. The lowest BCUT2D eigenvalue weighted by Crippen LogP contribution is -1.96. The number of rotatable bonds is 0. The number of fused-ring (bicyclic) bond motifs is 12. The summed E-state index contributed by atoms with van der Waals surface area (Å²) in [6, 6.07) is 53.0. The van der Waals surface area contributed by atoms with Crippen LogP contribution in [0.25, 0.3) is 66.8 Å². The van der Waals surface area contributed by atoms with E-state index < -0.39 is 0 Å². The van der Waals surface area contributed by atoms with Crippen LogP contribution in [0.4, 0.5) is 0 Å². The summed E-state index contributed by atoms with van der Waals surface area (Å²) in [5, 5.41) is 0. The van der Waals surface area contributed by atoms with E-state index in [1.807, 2.05) is 0 Å². The lowest BCUT2D eigenvalue weighted by molar-refractivity contribution is 1.52. The summed E-state index contributed by atoms with van der Waals surface area (Å²) < 4.78 is 0. The van der Waals surface area contributed by atoms with Gasteiger partial charge in [0.25, 0.3) is 0 Å².